The third-order valence-electron chi connectivity index (χ3n) is 6.52. The van der Waals surface area contributed by atoms with Gasteiger partial charge in [-0.05, 0) is 87.9 Å². The fraction of sp³-hybridized carbons (Fsp3) is 0.913. The van der Waals surface area contributed by atoms with Crippen molar-refractivity contribution >= 4 is 0 Å². The van der Waals surface area contributed by atoms with E-state index in [-0.39, 0.29) is 0 Å². The van der Waals surface area contributed by atoms with Crippen molar-refractivity contribution in [3.63, 3.8) is 0 Å². The van der Waals surface area contributed by atoms with E-state index in [0.29, 0.717) is 0 Å². The van der Waals surface area contributed by atoms with Gasteiger partial charge in [-0.25, -0.2) is 0 Å². The predicted molar refractivity (Wildman–Crippen MR) is 105 cm³/mol. The Kier molecular flexibility index (Phi) is 10.1. The number of hydrogen-bond acceptors (Lipinski definition) is 1. The summed E-state index contributed by atoms with van der Waals surface area (Å²) in [6, 6.07) is 0. The highest BCUT2D eigenvalue weighted by atomic mass is 16.5. The van der Waals surface area contributed by atoms with Crippen molar-refractivity contribution in [3.8, 4) is 0 Å². The van der Waals surface area contributed by atoms with Gasteiger partial charge in [-0.2, -0.15) is 0 Å². The molecule has 0 aromatic rings. The second-order valence-electron chi connectivity index (χ2n) is 8.47. The van der Waals surface area contributed by atoms with E-state index < -0.39 is 0 Å². The van der Waals surface area contributed by atoms with E-state index in [0.717, 1.165) is 43.3 Å². The van der Waals surface area contributed by atoms with Gasteiger partial charge in [0.1, 0.15) is 0 Å². The molecule has 140 valence electrons. The van der Waals surface area contributed by atoms with Crippen LogP contribution < -0.4 is 0 Å². The highest BCUT2D eigenvalue weighted by Gasteiger charge is 2.30. The first-order chi connectivity index (χ1) is 11.8. The molecule has 0 unspecified atom stereocenters. The monoisotopic (exact) mass is 334 g/mol. The molecule has 2 aliphatic carbocycles. The summed E-state index contributed by atoms with van der Waals surface area (Å²) in [6.07, 6.45) is 23.1. The highest BCUT2D eigenvalue weighted by Crippen LogP contribution is 2.42. The molecule has 24 heavy (non-hydrogen) atoms. The van der Waals surface area contributed by atoms with E-state index >= 15 is 0 Å². The molecule has 0 heterocycles. The molecule has 0 amide bonds. The fourth-order valence-electron chi connectivity index (χ4n) is 4.90. The molecule has 2 aliphatic rings. The van der Waals surface area contributed by atoms with Gasteiger partial charge in [-0.1, -0.05) is 45.3 Å². The first-order valence-corrected chi connectivity index (χ1v) is 11.1. The maximum Gasteiger partial charge on any atom is 0.0494 e. The Hall–Kier alpha value is -0.300. The Bertz CT molecular complexity index is 319. The zero-order valence-electron chi connectivity index (χ0n) is 16.5. The van der Waals surface area contributed by atoms with Crippen LogP contribution in [0.4, 0.5) is 0 Å². The van der Waals surface area contributed by atoms with Gasteiger partial charge < -0.3 is 4.74 Å². The van der Waals surface area contributed by atoms with Crippen LogP contribution in [0.2, 0.25) is 0 Å². The fourth-order valence-corrected chi connectivity index (χ4v) is 4.90. The van der Waals surface area contributed by atoms with Gasteiger partial charge in [0.2, 0.25) is 0 Å². The van der Waals surface area contributed by atoms with Crippen molar-refractivity contribution in [2.75, 3.05) is 13.2 Å². The Morgan fingerprint density at radius 2 is 1.29 bits per heavy atom. The third kappa shape index (κ3) is 7.30. The van der Waals surface area contributed by atoms with Gasteiger partial charge in [0.15, 0.2) is 0 Å². The second kappa shape index (κ2) is 12.1. The molecule has 0 atom stereocenters. The molecule has 2 saturated carbocycles. The van der Waals surface area contributed by atoms with Gasteiger partial charge in [0, 0.05) is 13.2 Å². The molecular formula is C23H42O. The summed E-state index contributed by atoms with van der Waals surface area (Å²) in [5, 5.41) is 0. The first-order valence-electron chi connectivity index (χ1n) is 11.1. The zero-order valence-corrected chi connectivity index (χ0v) is 16.5. The lowest BCUT2D eigenvalue weighted by Gasteiger charge is -2.37. The second-order valence-corrected chi connectivity index (χ2v) is 8.47. The predicted octanol–water partition coefficient (Wildman–Crippen LogP) is 7.16. The molecule has 2 fully saturated rings. The van der Waals surface area contributed by atoms with E-state index in [1.807, 2.05) is 0 Å². The summed E-state index contributed by atoms with van der Waals surface area (Å²) in [7, 11) is 0. The smallest absolute Gasteiger partial charge is 0.0494 e. The molecule has 0 saturated heterocycles. The lowest BCUT2D eigenvalue weighted by Crippen LogP contribution is -2.27. The highest BCUT2D eigenvalue weighted by molar-refractivity contribution is 4.85. The van der Waals surface area contributed by atoms with E-state index in [2.05, 4.69) is 26.0 Å². The van der Waals surface area contributed by atoms with Crippen molar-refractivity contribution in [1.82, 2.24) is 0 Å². The third-order valence-corrected chi connectivity index (χ3v) is 6.52. The minimum Gasteiger partial charge on any atom is -0.381 e. The Morgan fingerprint density at radius 1 is 0.708 bits per heavy atom. The maximum atomic E-state index is 5.77. The lowest BCUT2D eigenvalue weighted by atomic mass is 9.69. The summed E-state index contributed by atoms with van der Waals surface area (Å²) in [5.41, 5.74) is 0. The van der Waals surface area contributed by atoms with Crippen LogP contribution in [0.5, 0.6) is 0 Å². The summed E-state index contributed by atoms with van der Waals surface area (Å²) in [6.45, 7) is 6.45. The number of rotatable bonds is 10. The van der Waals surface area contributed by atoms with E-state index in [1.54, 1.807) is 0 Å². The SMILES string of the molecule is CCC/C=C/CC[C@H]1CC[C@H](C2CCC(COCCC)CC2)CC1. The van der Waals surface area contributed by atoms with Crippen molar-refractivity contribution in [2.45, 2.75) is 97.3 Å². The van der Waals surface area contributed by atoms with Crippen molar-refractivity contribution in [1.29, 1.82) is 0 Å². The van der Waals surface area contributed by atoms with E-state index in [4.69, 9.17) is 4.74 Å². The van der Waals surface area contributed by atoms with Crippen LogP contribution in [-0.4, -0.2) is 13.2 Å². The number of hydrogen-bond donors (Lipinski definition) is 0. The van der Waals surface area contributed by atoms with Crippen molar-refractivity contribution in [3.05, 3.63) is 12.2 Å². The Morgan fingerprint density at radius 3 is 1.88 bits per heavy atom. The Labute approximate surface area is 151 Å². The van der Waals surface area contributed by atoms with E-state index in [1.165, 1.54) is 77.0 Å². The van der Waals surface area contributed by atoms with Gasteiger partial charge in [-0.15, -0.1) is 0 Å². The topological polar surface area (TPSA) is 9.23 Å². The van der Waals surface area contributed by atoms with E-state index in [9.17, 15) is 0 Å². The average molecular weight is 335 g/mol. The van der Waals surface area contributed by atoms with Crippen molar-refractivity contribution in [2.24, 2.45) is 23.7 Å². The van der Waals surface area contributed by atoms with Crippen LogP contribution >= 0.6 is 0 Å². The van der Waals surface area contributed by atoms with Gasteiger partial charge in [-0.3, -0.25) is 0 Å². The first kappa shape index (κ1) is 20.0. The molecule has 0 spiro atoms. The number of allylic oxidation sites excluding steroid dienone is 2. The van der Waals surface area contributed by atoms with Gasteiger partial charge >= 0.3 is 0 Å². The number of ether oxygens (including phenoxy) is 1. The molecule has 0 aromatic heterocycles. The maximum absolute atomic E-state index is 5.77. The lowest BCUT2D eigenvalue weighted by molar-refractivity contribution is 0.0649. The van der Waals surface area contributed by atoms with Crippen LogP contribution in [0.3, 0.4) is 0 Å². The van der Waals surface area contributed by atoms with Crippen LogP contribution in [0.25, 0.3) is 0 Å². The Balaban J connectivity index is 1.56. The standard InChI is InChI=1S/C23H42O/c1-3-5-6-7-8-9-20-10-14-22(15-11-20)23-16-12-21(13-17-23)19-24-18-4-2/h6-7,20-23H,3-5,8-19H2,1-2H3/b7-6+/t20-,21?,22-,23?. The molecule has 1 heteroatoms. The summed E-state index contributed by atoms with van der Waals surface area (Å²) in [4.78, 5) is 0. The van der Waals surface area contributed by atoms with Crippen LogP contribution in [-0.2, 0) is 4.74 Å². The molecule has 2 rings (SSSR count). The zero-order chi connectivity index (χ0) is 17.0. The molecule has 0 radical (unpaired) electrons. The molecule has 0 aliphatic heterocycles. The summed E-state index contributed by atoms with van der Waals surface area (Å²) >= 11 is 0. The molecule has 0 N–H and O–H groups in total. The number of unbranched alkanes of at least 4 members (excludes halogenated alkanes) is 1. The van der Waals surface area contributed by atoms with Crippen LogP contribution in [0.1, 0.15) is 97.3 Å². The molecule has 1 nitrogen and oxygen atoms in total. The van der Waals surface area contributed by atoms with Gasteiger partial charge in [0.05, 0.1) is 0 Å². The molecule has 0 aromatic carbocycles. The largest absolute Gasteiger partial charge is 0.381 e. The summed E-state index contributed by atoms with van der Waals surface area (Å²) in [5.74, 6) is 3.97. The van der Waals surface area contributed by atoms with Crippen LogP contribution in [0, 0.1) is 23.7 Å². The quantitative estimate of drug-likeness (QED) is 0.304. The molecule has 0 bridgehead atoms. The summed E-state index contributed by atoms with van der Waals surface area (Å²) < 4.78 is 5.77. The minimum atomic E-state index is 0.860. The minimum absolute atomic E-state index is 0.860. The normalized spacial score (nSPS) is 31.6. The van der Waals surface area contributed by atoms with Crippen molar-refractivity contribution < 1.29 is 4.74 Å². The molecular weight excluding hydrogens is 292 g/mol. The average Bonchev–Trinajstić information content (AvgIpc) is 2.63. The van der Waals surface area contributed by atoms with Crippen LogP contribution in [0.15, 0.2) is 12.2 Å². The van der Waals surface area contributed by atoms with Gasteiger partial charge in [0.25, 0.3) is 0 Å².